The Morgan fingerprint density at radius 3 is 2.73 bits per heavy atom. The molecule has 6 rings (SSSR count). The van der Waals surface area contributed by atoms with Crippen LogP contribution in [0.1, 0.15) is 16.9 Å². The van der Waals surface area contributed by atoms with Gasteiger partial charge in [0.25, 0.3) is 5.91 Å². The van der Waals surface area contributed by atoms with Crippen LogP contribution in [0.2, 0.25) is 0 Å². The van der Waals surface area contributed by atoms with Gasteiger partial charge in [0, 0.05) is 54.6 Å². The number of aryl methyl sites for hydroxylation is 1. The molecule has 1 saturated heterocycles. The number of fused-ring (bicyclic) bond motifs is 1. The summed E-state index contributed by atoms with van der Waals surface area (Å²) < 4.78 is 7.90. The van der Waals surface area contributed by atoms with Gasteiger partial charge in [0.2, 0.25) is 5.88 Å². The molecule has 5 aromatic rings. The fraction of sp³-hybridized carbons (Fsp3) is 0.207. The van der Waals surface area contributed by atoms with Crippen LogP contribution < -0.4 is 15.4 Å². The first-order valence-electron chi connectivity index (χ1n) is 12.9. The topological polar surface area (TPSA) is 114 Å². The maximum Gasteiger partial charge on any atom is 0.326 e. The molecule has 11 heteroatoms. The second-order valence-corrected chi connectivity index (χ2v) is 10.4. The Morgan fingerprint density at radius 1 is 1.02 bits per heavy atom. The molecule has 0 saturated carbocycles. The smallest absolute Gasteiger partial charge is 0.326 e. The number of nitrogens with zero attached hydrogens (tertiary/aromatic N) is 5. The lowest BCUT2D eigenvalue weighted by molar-refractivity contribution is 0.0774. The molecule has 5 heterocycles. The number of thiazole rings is 1. The number of carbonyl (C=O) groups excluding carboxylic acids is 2. The van der Waals surface area contributed by atoms with E-state index in [2.05, 4.69) is 25.6 Å². The molecule has 1 fully saturated rings. The van der Waals surface area contributed by atoms with Crippen LogP contribution in [-0.2, 0) is 7.05 Å². The van der Waals surface area contributed by atoms with Crippen LogP contribution in [0.15, 0.2) is 78.3 Å². The second-order valence-electron chi connectivity index (χ2n) is 9.56. The maximum atomic E-state index is 13.2. The van der Waals surface area contributed by atoms with Crippen molar-refractivity contribution in [3.8, 4) is 16.6 Å². The first kappa shape index (κ1) is 25.5. The van der Waals surface area contributed by atoms with Gasteiger partial charge in [0.05, 0.1) is 12.3 Å². The van der Waals surface area contributed by atoms with E-state index in [-0.39, 0.29) is 11.8 Å². The van der Waals surface area contributed by atoms with E-state index in [1.807, 2.05) is 65.0 Å². The van der Waals surface area contributed by atoms with Gasteiger partial charge in [0.15, 0.2) is 0 Å². The van der Waals surface area contributed by atoms with Gasteiger partial charge in [-0.25, -0.2) is 9.78 Å². The summed E-state index contributed by atoms with van der Waals surface area (Å²) in [4.78, 5) is 40.7. The molecule has 0 bridgehead atoms. The molecule has 40 heavy (non-hydrogen) atoms. The van der Waals surface area contributed by atoms with Crippen LogP contribution in [0.25, 0.3) is 21.6 Å². The maximum absolute atomic E-state index is 13.2. The van der Waals surface area contributed by atoms with Gasteiger partial charge < -0.3 is 14.2 Å². The molecular formula is C29H27N7O3S. The molecule has 1 unspecified atom stereocenters. The number of likely N-dealkylation sites (tertiary alicyclic amines) is 1. The Balaban J connectivity index is 1.01. The minimum Gasteiger partial charge on any atom is -0.477 e. The number of carbonyl (C=O) groups is 2. The Labute approximate surface area is 234 Å². The van der Waals surface area contributed by atoms with Gasteiger partial charge in [-0.05, 0) is 36.8 Å². The number of hydrogen-bond donors (Lipinski definition) is 2. The monoisotopic (exact) mass is 553 g/mol. The number of anilines is 2. The van der Waals surface area contributed by atoms with Gasteiger partial charge in [-0.15, -0.1) is 11.3 Å². The third-order valence-electron chi connectivity index (χ3n) is 6.81. The molecule has 1 atom stereocenters. The number of aromatic nitrogens is 4. The van der Waals surface area contributed by atoms with Crippen molar-refractivity contribution in [2.45, 2.75) is 6.42 Å². The predicted molar refractivity (Wildman–Crippen MR) is 155 cm³/mol. The number of amides is 3. The van der Waals surface area contributed by atoms with Crippen molar-refractivity contribution in [1.82, 2.24) is 24.4 Å². The molecule has 3 amide bonds. The number of nitrogens with one attached hydrogen (secondary N) is 2. The van der Waals surface area contributed by atoms with Crippen molar-refractivity contribution in [3.63, 3.8) is 0 Å². The van der Waals surface area contributed by atoms with Crippen molar-refractivity contribution in [2.75, 3.05) is 30.3 Å². The lowest BCUT2D eigenvalue weighted by Gasteiger charge is -2.17. The van der Waals surface area contributed by atoms with Gasteiger partial charge >= 0.3 is 6.03 Å². The fourth-order valence-corrected chi connectivity index (χ4v) is 5.51. The highest BCUT2D eigenvalue weighted by molar-refractivity contribution is 7.13. The predicted octanol–water partition coefficient (Wildman–Crippen LogP) is 5.28. The zero-order valence-electron chi connectivity index (χ0n) is 21.8. The Bertz CT molecular complexity index is 1670. The quantitative estimate of drug-likeness (QED) is 0.284. The molecule has 202 valence electrons. The Hall–Kier alpha value is -4.77. The minimum absolute atomic E-state index is 0.0313. The van der Waals surface area contributed by atoms with Crippen LogP contribution in [0.5, 0.6) is 5.88 Å². The van der Waals surface area contributed by atoms with Gasteiger partial charge in [-0.3, -0.25) is 20.4 Å². The van der Waals surface area contributed by atoms with Gasteiger partial charge in [-0.1, -0.05) is 30.3 Å². The normalized spacial score (nSPS) is 14.8. The van der Waals surface area contributed by atoms with Crippen molar-refractivity contribution < 1.29 is 14.3 Å². The minimum atomic E-state index is -0.458. The summed E-state index contributed by atoms with van der Waals surface area (Å²) in [6.07, 6.45) is 2.55. The SMILES string of the molecule is Cn1c(C(=O)N2CCC(COc3cccc(NC(=O)Nc4csc(-c5ccccn5)n4)n3)C2)cc2ccccc21. The number of urea groups is 1. The highest BCUT2D eigenvalue weighted by Crippen LogP contribution is 2.25. The fourth-order valence-electron chi connectivity index (χ4n) is 4.78. The number of benzene rings is 1. The van der Waals surface area contributed by atoms with Crippen molar-refractivity contribution in [2.24, 2.45) is 13.0 Å². The van der Waals surface area contributed by atoms with Crippen LogP contribution in [0.3, 0.4) is 0 Å². The molecule has 10 nitrogen and oxygen atoms in total. The van der Waals surface area contributed by atoms with Crippen LogP contribution in [0.4, 0.5) is 16.4 Å². The van der Waals surface area contributed by atoms with E-state index in [1.54, 1.807) is 29.8 Å². The lowest BCUT2D eigenvalue weighted by Crippen LogP contribution is -2.30. The summed E-state index contributed by atoms with van der Waals surface area (Å²) in [5.41, 5.74) is 2.47. The van der Waals surface area contributed by atoms with Crippen molar-refractivity contribution >= 4 is 45.8 Å². The van der Waals surface area contributed by atoms with Gasteiger partial charge in [-0.2, -0.15) is 4.98 Å². The first-order valence-corrected chi connectivity index (χ1v) is 13.8. The molecule has 1 aliphatic rings. The molecule has 2 N–H and O–H groups in total. The van der Waals surface area contributed by atoms with E-state index in [9.17, 15) is 9.59 Å². The van der Waals surface area contributed by atoms with Gasteiger partial charge in [0.1, 0.15) is 22.3 Å². The molecule has 1 aliphatic heterocycles. The average Bonchev–Trinajstić information content (AvgIpc) is 3.72. The molecule has 1 aromatic carbocycles. The number of para-hydroxylation sites is 1. The van der Waals surface area contributed by atoms with E-state index in [4.69, 9.17) is 4.74 Å². The zero-order valence-corrected chi connectivity index (χ0v) is 22.6. The molecule has 4 aromatic heterocycles. The highest BCUT2D eigenvalue weighted by atomic mass is 32.1. The van der Waals surface area contributed by atoms with Crippen LogP contribution in [0, 0.1) is 5.92 Å². The van der Waals surface area contributed by atoms with Crippen molar-refractivity contribution in [3.05, 3.63) is 84.0 Å². The first-order chi connectivity index (χ1) is 19.5. The summed E-state index contributed by atoms with van der Waals surface area (Å²) in [7, 11) is 1.93. The van der Waals surface area contributed by atoms with E-state index < -0.39 is 6.03 Å². The van der Waals surface area contributed by atoms with Crippen LogP contribution >= 0.6 is 11.3 Å². The summed E-state index contributed by atoms with van der Waals surface area (Å²) in [5, 5.41) is 8.97. The number of hydrogen-bond acceptors (Lipinski definition) is 7. The summed E-state index contributed by atoms with van der Waals surface area (Å²) in [6, 6.07) is 20.3. The second kappa shape index (κ2) is 11.1. The molecule has 0 radical (unpaired) electrons. The Morgan fingerprint density at radius 2 is 1.88 bits per heavy atom. The number of rotatable bonds is 7. The number of ether oxygens (including phenoxy) is 1. The summed E-state index contributed by atoms with van der Waals surface area (Å²) in [5.74, 6) is 1.41. The largest absolute Gasteiger partial charge is 0.477 e. The summed E-state index contributed by atoms with van der Waals surface area (Å²) >= 11 is 1.40. The molecule has 0 aliphatic carbocycles. The summed E-state index contributed by atoms with van der Waals surface area (Å²) in [6.45, 7) is 1.73. The standard InChI is InChI=1S/C29H27N7O3S/c1-35-22-9-3-2-7-20(22)15-23(35)28(37)36-14-12-19(16-36)17-39-26-11-6-10-24(31-26)33-29(38)34-25-18-40-27(32-25)21-8-4-5-13-30-21/h2-11,13,15,18-19H,12,14,16-17H2,1H3,(H2,31,33,34,38). The average molecular weight is 554 g/mol. The van der Waals surface area contributed by atoms with E-state index >= 15 is 0 Å². The lowest BCUT2D eigenvalue weighted by atomic mass is 10.1. The molecule has 0 spiro atoms. The number of pyridine rings is 2. The van der Waals surface area contributed by atoms with E-state index in [1.165, 1.54) is 11.3 Å². The molecular weight excluding hydrogens is 526 g/mol. The zero-order chi connectivity index (χ0) is 27.5. The Kier molecular flexibility index (Phi) is 7.11. The van der Waals surface area contributed by atoms with Crippen LogP contribution in [-0.4, -0.2) is 56.1 Å². The third-order valence-corrected chi connectivity index (χ3v) is 7.67. The third kappa shape index (κ3) is 5.50. The van der Waals surface area contributed by atoms with E-state index in [0.29, 0.717) is 47.9 Å². The van der Waals surface area contributed by atoms with E-state index in [0.717, 1.165) is 23.0 Å². The van der Waals surface area contributed by atoms with Crippen molar-refractivity contribution in [1.29, 1.82) is 0 Å². The highest BCUT2D eigenvalue weighted by Gasteiger charge is 2.29.